The van der Waals surface area contributed by atoms with Gasteiger partial charge >= 0.3 is 0 Å². The van der Waals surface area contributed by atoms with Crippen LogP contribution in [0.1, 0.15) is 24.0 Å². The van der Waals surface area contributed by atoms with Crippen LogP contribution in [0.25, 0.3) is 66.8 Å². The Hall–Kier alpha value is -5.78. The summed E-state index contributed by atoms with van der Waals surface area (Å²) in [6, 6.07) is 56.4. The van der Waals surface area contributed by atoms with Crippen LogP contribution in [-0.2, 0) is 32.9 Å². The monoisotopic (exact) mass is 950 g/mol. The van der Waals surface area contributed by atoms with E-state index in [1.54, 1.807) is 0 Å². The van der Waals surface area contributed by atoms with Crippen LogP contribution in [0.5, 0.6) is 0 Å². The van der Waals surface area contributed by atoms with Crippen molar-refractivity contribution >= 4 is 35.2 Å². The molecule has 0 amide bonds. The summed E-state index contributed by atoms with van der Waals surface area (Å²) in [6.45, 7) is 7.02. The summed E-state index contributed by atoms with van der Waals surface area (Å²) in [4.78, 5) is 13.6. The predicted molar refractivity (Wildman–Crippen MR) is 241 cm³/mol. The molecule has 1 aliphatic rings. The second-order valence-electron chi connectivity index (χ2n) is 15.5. The molecule has 6 heteroatoms. The number of nitrogens with zero attached hydrogens (tertiary/aromatic N) is 3. The molecule has 10 rings (SSSR count). The Balaban J connectivity index is 0.000000149. The fraction of sp³-hybridized carbons (Fsp3) is 0.135. The number of aryl methyl sites for hydroxylation is 1. The SMILES string of the molecule is C[Si](C)(C)c1ccc(-c2ccccc2)nc1.[Ir].c1ccc(-c2ccc3oc4ccc(-c5nccc6c5CCCC6)cc4c3c2)cc1.c1ccc(-c2ccccn2)cc1. The van der Waals surface area contributed by atoms with Gasteiger partial charge in [-0.05, 0) is 108 Å². The zero-order valence-electron chi connectivity index (χ0n) is 33.2. The molecule has 0 aliphatic heterocycles. The maximum Gasteiger partial charge on any atom is 0.135 e. The van der Waals surface area contributed by atoms with Crippen LogP contribution in [0.4, 0.5) is 0 Å². The van der Waals surface area contributed by atoms with Gasteiger partial charge in [-0.1, -0.05) is 129 Å². The molecule has 4 heterocycles. The fourth-order valence-corrected chi connectivity index (χ4v) is 8.44. The second kappa shape index (κ2) is 18.7. The van der Waals surface area contributed by atoms with Gasteiger partial charge in [0.25, 0.3) is 0 Å². The summed E-state index contributed by atoms with van der Waals surface area (Å²) in [5.74, 6) is 0. The van der Waals surface area contributed by atoms with Crippen molar-refractivity contribution in [1.82, 2.24) is 15.0 Å². The van der Waals surface area contributed by atoms with E-state index in [1.165, 1.54) is 57.8 Å². The van der Waals surface area contributed by atoms with Gasteiger partial charge in [0.2, 0.25) is 0 Å². The zero-order valence-corrected chi connectivity index (χ0v) is 36.6. The van der Waals surface area contributed by atoms with Crippen molar-refractivity contribution < 1.29 is 24.5 Å². The molecule has 4 aromatic heterocycles. The molecule has 0 saturated carbocycles. The quantitative estimate of drug-likeness (QED) is 0.161. The third kappa shape index (κ3) is 9.49. The van der Waals surface area contributed by atoms with Crippen molar-refractivity contribution in [3.8, 4) is 44.9 Å². The second-order valence-corrected chi connectivity index (χ2v) is 20.6. The Kier molecular flexibility index (Phi) is 13.0. The largest absolute Gasteiger partial charge is 0.456 e. The Morgan fingerprint density at radius 2 is 1.03 bits per heavy atom. The number of hydrogen-bond donors (Lipinski definition) is 0. The molecule has 0 saturated heterocycles. The van der Waals surface area contributed by atoms with Gasteiger partial charge in [-0.2, -0.15) is 0 Å². The van der Waals surface area contributed by atoms with Crippen LogP contribution in [0.15, 0.2) is 187 Å². The summed E-state index contributed by atoms with van der Waals surface area (Å²) in [7, 11) is -1.22. The topological polar surface area (TPSA) is 51.8 Å². The molecular weight excluding hydrogens is 903 g/mol. The smallest absolute Gasteiger partial charge is 0.135 e. The fourth-order valence-electron chi connectivity index (χ4n) is 7.41. The van der Waals surface area contributed by atoms with Gasteiger partial charge in [0.1, 0.15) is 11.2 Å². The van der Waals surface area contributed by atoms with E-state index in [0.29, 0.717) is 0 Å². The first-order valence-corrected chi connectivity index (χ1v) is 23.4. The van der Waals surface area contributed by atoms with Gasteiger partial charge in [0, 0.05) is 66.2 Å². The van der Waals surface area contributed by atoms with Crippen LogP contribution in [0.3, 0.4) is 0 Å². The van der Waals surface area contributed by atoms with E-state index in [-0.39, 0.29) is 20.1 Å². The Labute approximate surface area is 356 Å². The predicted octanol–water partition coefficient (Wildman–Crippen LogP) is 13.2. The van der Waals surface area contributed by atoms with Crippen molar-refractivity contribution in [2.75, 3.05) is 0 Å². The molecule has 1 aliphatic carbocycles. The van der Waals surface area contributed by atoms with Crippen molar-refractivity contribution in [1.29, 1.82) is 0 Å². The van der Waals surface area contributed by atoms with Crippen LogP contribution in [-0.4, -0.2) is 23.0 Å². The van der Waals surface area contributed by atoms with E-state index in [1.807, 2.05) is 73.2 Å². The first-order chi connectivity index (χ1) is 27.9. The van der Waals surface area contributed by atoms with Crippen molar-refractivity contribution in [2.24, 2.45) is 0 Å². The molecule has 0 atom stereocenters. The summed E-state index contributed by atoms with van der Waals surface area (Å²) >= 11 is 0. The standard InChI is InChI=1S/C27H21NO.C14H17NSi.C11H9N.Ir/c1-2-6-18(7-3-1)20-10-12-25-23(16-20)24-17-21(11-13-26(24)29-25)27-22-9-5-4-8-19(22)14-15-28-27;1-16(2,3)13-9-10-14(15-11-13)12-7-5-4-6-8-12;1-2-6-10(7-3-1)11-8-4-5-9-12-11;/h1-3,6-7,10-17H,4-5,8-9H2;4-11H,1-3H3;1-9H;. The molecule has 4 nitrogen and oxygen atoms in total. The van der Waals surface area contributed by atoms with E-state index in [2.05, 4.69) is 139 Å². The Morgan fingerprint density at radius 1 is 0.466 bits per heavy atom. The van der Waals surface area contributed by atoms with E-state index >= 15 is 0 Å². The van der Waals surface area contributed by atoms with Crippen LogP contribution in [0.2, 0.25) is 19.6 Å². The summed E-state index contributed by atoms with van der Waals surface area (Å²) in [6.07, 6.45) is 10.6. The average molecular weight is 950 g/mol. The maximum absolute atomic E-state index is 6.13. The van der Waals surface area contributed by atoms with Crippen molar-refractivity contribution in [3.63, 3.8) is 0 Å². The molecule has 289 valence electrons. The third-order valence-electron chi connectivity index (χ3n) is 10.6. The number of rotatable bonds is 5. The minimum Gasteiger partial charge on any atom is -0.456 e. The molecule has 0 N–H and O–H groups in total. The van der Waals surface area contributed by atoms with Gasteiger partial charge in [-0.15, -0.1) is 0 Å². The summed E-state index contributed by atoms with van der Waals surface area (Å²) in [5, 5.41) is 3.73. The third-order valence-corrected chi connectivity index (χ3v) is 12.6. The van der Waals surface area contributed by atoms with Gasteiger partial charge in [0.05, 0.1) is 25.2 Å². The number of pyridine rings is 3. The Morgan fingerprint density at radius 3 is 1.62 bits per heavy atom. The zero-order chi connectivity index (χ0) is 39.0. The molecule has 5 aromatic carbocycles. The van der Waals surface area contributed by atoms with Crippen LogP contribution >= 0.6 is 0 Å². The maximum atomic E-state index is 6.13. The van der Waals surface area contributed by atoms with E-state index in [0.717, 1.165) is 51.0 Å². The molecule has 0 bridgehead atoms. The normalized spacial score (nSPS) is 12.0. The number of furan rings is 1. The number of benzene rings is 5. The van der Waals surface area contributed by atoms with E-state index < -0.39 is 8.07 Å². The number of hydrogen-bond acceptors (Lipinski definition) is 4. The molecule has 0 fully saturated rings. The summed E-state index contributed by atoms with van der Waals surface area (Å²) < 4.78 is 6.13. The van der Waals surface area contributed by atoms with Gasteiger partial charge in [-0.3, -0.25) is 15.0 Å². The molecule has 58 heavy (non-hydrogen) atoms. The van der Waals surface area contributed by atoms with Gasteiger partial charge in [0.15, 0.2) is 0 Å². The number of aromatic nitrogens is 3. The van der Waals surface area contributed by atoms with Gasteiger partial charge < -0.3 is 4.42 Å². The summed E-state index contributed by atoms with van der Waals surface area (Å²) in [5.41, 5.74) is 13.9. The molecular formula is C52H47IrN3OSi. The minimum absolute atomic E-state index is 0. The Bertz CT molecular complexity index is 2660. The van der Waals surface area contributed by atoms with E-state index in [4.69, 9.17) is 9.40 Å². The minimum atomic E-state index is -1.22. The molecule has 0 unspecified atom stereocenters. The van der Waals surface area contributed by atoms with Crippen molar-refractivity contribution in [3.05, 3.63) is 194 Å². The van der Waals surface area contributed by atoms with E-state index in [9.17, 15) is 0 Å². The first-order valence-electron chi connectivity index (χ1n) is 19.9. The molecule has 1 radical (unpaired) electrons. The number of fused-ring (bicyclic) bond motifs is 4. The molecule has 9 aromatic rings. The average Bonchev–Trinajstić information content (AvgIpc) is 3.65. The van der Waals surface area contributed by atoms with Crippen LogP contribution < -0.4 is 5.19 Å². The molecule has 0 spiro atoms. The first kappa shape index (κ1) is 40.4. The van der Waals surface area contributed by atoms with Gasteiger partial charge in [-0.25, -0.2) is 0 Å². The van der Waals surface area contributed by atoms with Crippen molar-refractivity contribution in [2.45, 2.75) is 45.3 Å². The van der Waals surface area contributed by atoms with Crippen LogP contribution in [0, 0.1) is 0 Å².